The van der Waals surface area contributed by atoms with Gasteiger partial charge in [-0.25, -0.2) is 14.2 Å². The third-order valence-corrected chi connectivity index (χ3v) is 9.26. The maximum absolute atomic E-state index is 12.8. The summed E-state index contributed by atoms with van der Waals surface area (Å²) in [6.45, 7) is 7.35. The number of urea groups is 1. The predicted octanol–water partition coefficient (Wildman–Crippen LogP) is 3.35. The molecule has 3 unspecified atom stereocenters. The van der Waals surface area contributed by atoms with Gasteiger partial charge >= 0.3 is 19.8 Å². The maximum atomic E-state index is 12.8. The number of carbonyl (C=O) groups excluding carboxylic acids is 3. The quantitative estimate of drug-likeness (QED) is 0.0711. The Morgan fingerprint density at radius 3 is 2.66 bits per heavy atom. The molecular weight excluding hydrogens is 533 g/mol. The molecular formula is C25H44N3O8PS. The Morgan fingerprint density at radius 2 is 1.97 bits per heavy atom. The lowest BCUT2D eigenvalue weighted by Gasteiger charge is -2.33. The van der Waals surface area contributed by atoms with Crippen LogP contribution in [0.1, 0.15) is 72.6 Å². The van der Waals surface area contributed by atoms with Gasteiger partial charge in [-0.3, -0.25) is 9.32 Å². The molecule has 0 bridgehead atoms. The van der Waals surface area contributed by atoms with Crippen molar-refractivity contribution in [2.24, 2.45) is 5.92 Å². The standard InChI is InChI=1S/C25H44N3O8PS/c1-17(13-14-36-37(32,33)34)9-8-10-18(2)15-35-23(30)25(3,4)28(5)21(29)12-7-6-11-20-22-19(16-38-20)26-24(31)27-22/h10,17,19-20,22H,6-9,11-16H2,1-5H3,(H2,26,27,31)(H2,32,33,34)/b18-10+/t17?,19?,20-,22?/m0/s1. The molecule has 0 aromatic rings. The van der Waals surface area contributed by atoms with Gasteiger partial charge in [-0.1, -0.05) is 19.4 Å². The van der Waals surface area contributed by atoms with Crippen molar-refractivity contribution < 1.29 is 38.0 Å². The fraction of sp³-hybridized carbons (Fsp3) is 0.800. The van der Waals surface area contributed by atoms with Gasteiger partial charge in [-0.15, -0.1) is 0 Å². The SMILES string of the molecule is C/C(=C\CCC(C)CCOP(=O)(O)O)COC(=O)C(C)(C)N(C)C(=O)CCCC[C@@H]1SCC2NC(=O)NC21. The fourth-order valence-corrected chi connectivity index (χ4v) is 6.31. The van der Waals surface area contributed by atoms with Crippen LogP contribution in [0, 0.1) is 5.92 Å². The van der Waals surface area contributed by atoms with Crippen molar-refractivity contribution in [1.82, 2.24) is 15.5 Å². The van der Waals surface area contributed by atoms with Crippen molar-refractivity contribution in [3.05, 3.63) is 11.6 Å². The number of phosphoric ester groups is 1. The smallest absolute Gasteiger partial charge is 0.459 e. The van der Waals surface area contributed by atoms with Gasteiger partial charge in [0.25, 0.3) is 0 Å². The number of nitrogens with zero attached hydrogens (tertiary/aromatic N) is 1. The van der Waals surface area contributed by atoms with Gasteiger partial charge in [0.1, 0.15) is 12.1 Å². The summed E-state index contributed by atoms with van der Waals surface area (Å²) in [5.74, 6) is 0.559. The Labute approximate surface area is 230 Å². The molecule has 4 atom stereocenters. The summed E-state index contributed by atoms with van der Waals surface area (Å²) in [5.41, 5.74) is -0.207. The highest BCUT2D eigenvalue weighted by molar-refractivity contribution is 8.00. The molecule has 218 valence electrons. The number of fused-ring (bicyclic) bond motifs is 1. The molecule has 2 saturated heterocycles. The first kappa shape index (κ1) is 32.6. The third kappa shape index (κ3) is 10.5. The summed E-state index contributed by atoms with van der Waals surface area (Å²) < 4.78 is 20.7. The molecule has 0 aliphatic carbocycles. The molecule has 3 amide bonds. The molecule has 2 aliphatic heterocycles. The molecule has 0 radical (unpaired) electrons. The van der Waals surface area contributed by atoms with Crippen LogP contribution in [0.15, 0.2) is 11.6 Å². The highest BCUT2D eigenvalue weighted by Crippen LogP contribution is 2.36. The van der Waals surface area contributed by atoms with E-state index in [-0.39, 0.29) is 43.2 Å². The summed E-state index contributed by atoms with van der Waals surface area (Å²) in [7, 11) is -2.80. The molecule has 0 spiro atoms. The number of unbranched alkanes of at least 4 members (excludes halogenated alkanes) is 1. The van der Waals surface area contributed by atoms with Crippen LogP contribution in [0.25, 0.3) is 0 Å². The number of ether oxygens (including phenoxy) is 1. The summed E-state index contributed by atoms with van der Waals surface area (Å²) in [4.78, 5) is 56.0. The molecule has 38 heavy (non-hydrogen) atoms. The van der Waals surface area contributed by atoms with Crippen LogP contribution in [0.3, 0.4) is 0 Å². The fourth-order valence-electron chi connectivity index (χ4n) is 4.43. The average molecular weight is 578 g/mol. The number of likely N-dealkylation sites (N-methyl/N-ethyl adjacent to an activating group) is 1. The van der Waals surface area contributed by atoms with Crippen molar-refractivity contribution in [3.8, 4) is 0 Å². The number of hydrogen-bond donors (Lipinski definition) is 4. The Hall–Kier alpha value is -1.59. The van der Waals surface area contributed by atoms with Crippen molar-refractivity contribution in [3.63, 3.8) is 0 Å². The topological polar surface area (TPSA) is 154 Å². The molecule has 2 rings (SSSR count). The highest BCUT2D eigenvalue weighted by atomic mass is 32.2. The van der Waals surface area contributed by atoms with E-state index in [1.807, 2.05) is 31.7 Å². The van der Waals surface area contributed by atoms with E-state index in [2.05, 4.69) is 15.2 Å². The third-order valence-electron chi connectivity index (χ3n) is 7.23. The van der Waals surface area contributed by atoms with E-state index >= 15 is 0 Å². The van der Waals surface area contributed by atoms with Crippen LogP contribution in [0.2, 0.25) is 0 Å². The molecule has 2 aliphatic rings. The minimum Gasteiger partial charge on any atom is -0.459 e. The van der Waals surface area contributed by atoms with Crippen LogP contribution in [-0.4, -0.2) is 81.5 Å². The largest absolute Gasteiger partial charge is 0.469 e. The number of phosphoric acid groups is 1. The number of carbonyl (C=O) groups is 3. The zero-order valence-corrected chi connectivity index (χ0v) is 24.8. The molecule has 2 heterocycles. The number of allylic oxidation sites excluding steroid dienone is 1. The Bertz CT molecular complexity index is 909. The summed E-state index contributed by atoms with van der Waals surface area (Å²) in [6.07, 6.45) is 6.94. The van der Waals surface area contributed by atoms with Gasteiger partial charge in [0.2, 0.25) is 5.91 Å². The second-order valence-corrected chi connectivity index (χ2v) is 13.3. The molecule has 0 aromatic heterocycles. The van der Waals surface area contributed by atoms with E-state index in [9.17, 15) is 18.9 Å². The Morgan fingerprint density at radius 1 is 1.26 bits per heavy atom. The minimum absolute atomic E-state index is 0.00487. The van der Waals surface area contributed by atoms with E-state index in [0.29, 0.717) is 18.1 Å². The van der Waals surface area contributed by atoms with Crippen LogP contribution in [-0.2, 0) is 23.4 Å². The molecule has 0 aromatic carbocycles. The van der Waals surface area contributed by atoms with E-state index in [0.717, 1.165) is 43.4 Å². The highest BCUT2D eigenvalue weighted by Gasteiger charge is 2.42. The monoisotopic (exact) mass is 577 g/mol. The second-order valence-electron chi connectivity index (χ2n) is 10.8. The van der Waals surface area contributed by atoms with Gasteiger partial charge in [0, 0.05) is 24.5 Å². The zero-order chi connectivity index (χ0) is 28.5. The van der Waals surface area contributed by atoms with Crippen molar-refractivity contribution in [1.29, 1.82) is 0 Å². The molecule has 13 heteroatoms. The normalized spacial score (nSPS) is 22.4. The molecule has 4 N–H and O–H groups in total. The van der Waals surface area contributed by atoms with Crippen molar-refractivity contribution in [2.45, 2.75) is 95.5 Å². The van der Waals surface area contributed by atoms with E-state index in [1.165, 1.54) is 4.90 Å². The number of hydrogen-bond acceptors (Lipinski definition) is 7. The number of thioether (sulfide) groups is 1. The first-order chi connectivity index (χ1) is 17.7. The van der Waals surface area contributed by atoms with Crippen molar-refractivity contribution in [2.75, 3.05) is 26.0 Å². The van der Waals surface area contributed by atoms with Crippen molar-refractivity contribution >= 4 is 37.5 Å². The van der Waals surface area contributed by atoms with Gasteiger partial charge < -0.3 is 30.1 Å². The lowest BCUT2D eigenvalue weighted by molar-refractivity contribution is -0.159. The number of esters is 1. The summed E-state index contributed by atoms with van der Waals surface area (Å²) in [5, 5.41) is 6.28. The zero-order valence-electron chi connectivity index (χ0n) is 23.1. The molecule has 0 saturated carbocycles. The number of rotatable bonds is 16. The summed E-state index contributed by atoms with van der Waals surface area (Å²) >= 11 is 1.86. The molecule has 2 fully saturated rings. The lowest BCUT2D eigenvalue weighted by Crippen LogP contribution is -2.51. The van der Waals surface area contributed by atoms with Gasteiger partial charge in [-0.2, -0.15) is 11.8 Å². The minimum atomic E-state index is -4.43. The first-order valence-electron chi connectivity index (χ1n) is 13.2. The van der Waals surface area contributed by atoms with Gasteiger partial charge in [-0.05, 0) is 64.4 Å². The van der Waals surface area contributed by atoms with Crippen LogP contribution in [0.5, 0.6) is 0 Å². The lowest BCUT2D eigenvalue weighted by atomic mass is 10.0. The Kier molecular flexibility index (Phi) is 12.6. The summed E-state index contributed by atoms with van der Waals surface area (Å²) in [6, 6.07) is 0.262. The predicted molar refractivity (Wildman–Crippen MR) is 147 cm³/mol. The number of nitrogens with one attached hydrogen (secondary N) is 2. The number of amides is 3. The van der Waals surface area contributed by atoms with E-state index in [4.69, 9.17) is 14.5 Å². The first-order valence-corrected chi connectivity index (χ1v) is 15.8. The average Bonchev–Trinajstić information content (AvgIpc) is 3.37. The van der Waals surface area contributed by atoms with Gasteiger partial charge in [0.15, 0.2) is 0 Å². The van der Waals surface area contributed by atoms with E-state index < -0.39 is 19.3 Å². The van der Waals surface area contributed by atoms with Crippen LogP contribution < -0.4 is 10.6 Å². The van der Waals surface area contributed by atoms with Crippen LogP contribution in [0.4, 0.5) is 4.79 Å². The second kappa shape index (κ2) is 14.7. The Balaban J connectivity index is 1.65. The van der Waals surface area contributed by atoms with E-state index in [1.54, 1.807) is 20.9 Å². The van der Waals surface area contributed by atoms with Crippen LogP contribution >= 0.6 is 19.6 Å². The maximum Gasteiger partial charge on any atom is 0.469 e. The molecule has 11 nitrogen and oxygen atoms in total. The van der Waals surface area contributed by atoms with Gasteiger partial charge in [0.05, 0.1) is 18.7 Å².